The lowest BCUT2D eigenvalue weighted by atomic mass is 10.1. The highest BCUT2D eigenvalue weighted by Crippen LogP contribution is 2.29. The minimum Gasteiger partial charge on any atom is -0.490 e. The molecule has 0 unspecified atom stereocenters. The van der Waals surface area contributed by atoms with Crippen LogP contribution in [0, 0.1) is 20.8 Å². The van der Waals surface area contributed by atoms with Gasteiger partial charge in [0, 0.05) is 5.69 Å². The standard InChI is InChI=1S/C24H31NO5/c1-6-10-28-20-9-8-19(14-21(20)29-11-7-2)24(27)30-15-22(26)25-23-17(4)12-16(3)13-18(23)5/h8-9,12-14H,6-7,10-11,15H2,1-5H3,(H,25,26). The number of amides is 1. The molecule has 0 aliphatic heterocycles. The third-order valence-electron chi connectivity index (χ3n) is 4.38. The van der Waals surface area contributed by atoms with Gasteiger partial charge in [0.2, 0.25) is 0 Å². The van der Waals surface area contributed by atoms with Gasteiger partial charge in [-0.2, -0.15) is 0 Å². The van der Waals surface area contributed by atoms with Crippen LogP contribution in [-0.4, -0.2) is 31.7 Å². The predicted octanol–water partition coefficient (Wildman–Crippen LogP) is 4.98. The van der Waals surface area contributed by atoms with Crippen LogP contribution in [-0.2, 0) is 9.53 Å². The molecular formula is C24H31NO5. The summed E-state index contributed by atoms with van der Waals surface area (Å²) in [5.41, 5.74) is 4.11. The Balaban J connectivity index is 2.02. The highest BCUT2D eigenvalue weighted by molar-refractivity contribution is 5.96. The summed E-state index contributed by atoms with van der Waals surface area (Å²) in [6.07, 6.45) is 1.70. The van der Waals surface area contributed by atoms with E-state index in [1.54, 1.807) is 18.2 Å². The monoisotopic (exact) mass is 413 g/mol. The maximum absolute atomic E-state index is 12.4. The molecule has 2 rings (SSSR count). The quantitative estimate of drug-likeness (QED) is 0.556. The van der Waals surface area contributed by atoms with Crippen LogP contribution in [0.1, 0.15) is 53.7 Å². The Kier molecular flexibility index (Phi) is 8.71. The fourth-order valence-corrected chi connectivity index (χ4v) is 3.06. The molecule has 0 bridgehead atoms. The second-order valence-electron chi connectivity index (χ2n) is 7.26. The number of hydrogen-bond donors (Lipinski definition) is 1. The number of nitrogens with one attached hydrogen (secondary N) is 1. The number of esters is 1. The molecule has 6 nitrogen and oxygen atoms in total. The van der Waals surface area contributed by atoms with Crippen molar-refractivity contribution in [1.82, 2.24) is 0 Å². The van der Waals surface area contributed by atoms with E-state index in [4.69, 9.17) is 14.2 Å². The molecular weight excluding hydrogens is 382 g/mol. The largest absolute Gasteiger partial charge is 0.490 e. The molecule has 0 radical (unpaired) electrons. The number of carbonyl (C=O) groups is 2. The Bertz CT molecular complexity index is 868. The van der Waals surface area contributed by atoms with Gasteiger partial charge in [0.15, 0.2) is 18.1 Å². The maximum atomic E-state index is 12.4. The highest BCUT2D eigenvalue weighted by Gasteiger charge is 2.15. The minimum absolute atomic E-state index is 0.306. The predicted molar refractivity (Wildman–Crippen MR) is 118 cm³/mol. The smallest absolute Gasteiger partial charge is 0.338 e. The summed E-state index contributed by atoms with van der Waals surface area (Å²) in [4.78, 5) is 24.7. The Labute approximate surface area is 178 Å². The molecule has 1 N–H and O–H groups in total. The van der Waals surface area contributed by atoms with E-state index < -0.39 is 5.97 Å². The molecule has 0 spiro atoms. The number of hydrogen-bond acceptors (Lipinski definition) is 5. The van der Waals surface area contributed by atoms with E-state index in [0.717, 1.165) is 35.2 Å². The second kappa shape index (κ2) is 11.2. The number of ether oxygens (including phenoxy) is 3. The van der Waals surface area contributed by atoms with E-state index >= 15 is 0 Å². The lowest BCUT2D eigenvalue weighted by Gasteiger charge is -2.14. The molecule has 162 valence electrons. The van der Waals surface area contributed by atoms with Crippen LogP contribution in [0.4, 0.5) is 5.69 Å². The molecule has 0 saturated heterocycles. The van der Waals surface area contributed by atoms with Crippen LogP contribution < -0.4 is 14.8 Å². The Hall–Kier alpha value is -3.02. The van der Waals surface area contributed by atoms with Crippen LogP contribution in [0.3, 0.4) is 0 Å². The SMILES string of the molecule is CCCOc1ccc(C(=O)OCC(=O)Nc2c(C)cc(C)cc2C)cc1OCCC. The van der Waals surface area contributed by atoms with Crippen LogP contribution in [0.5, 0.6) is 11.5 Å². The zero-order valence-corrected chi connectivity index (χ0v) is 18.5. The molecule has 0 aliphatic rings. The number of anilines is 1. The van der Waals surface area contributed by atoms with E-state index in [9.17, 15) is 9.59 Å². The van der Waals surface area contributed by atoms with Crippen molar-refractivity contribution in [2.45, 2.75) is 47.5 Å². The van der Waals surface area contributed by atoms with Crippen molar-refractivity contribution >= 4 is 17.6 Å². The minimum atomic E-state index is -0.592. The highest BCUT2D eigenvalue weighted by atomic mass is 16.5. The normalized spacial score (nSPS) is 10.4. The van der Waals surface area contributed by atoms with Crippen LogP contribution in [0.25, 0.3) is 0 Å². The van der Waals surface area contributed by atoms with Gasteiger partial charge in [-0.15, -0.1) is 0 Å². The van der Waals surface area contributed by atoms with Crippen LogP contribution in [0.2, 0.25) is 0 Å². The summed E-state index contributed by atoms with van der Waals surface area (Å²) < 4.78 is 16.6. The van der Waals surface area contributed by atoms with Crippen molar-refractivity contribution in [3.63, 3.8) is 0 Å². The Morgan fingerprint density at radius 3 is 2.07 bits per heavy atom. The number of benzene rings is 2. The molecule has 30 heavy (non-hydrogen) atoms. The van der Waals surface area contributed by atoms with Gasteiger partial charge in [0.05, 0.1) is 18.8 Å². The molecule has 0 fully saturated rings. The molecule has 0 heterocycles. The van der Waals surface area contributed by atoms with E-state index in [0.29, 0.717) is 30.3 Å². The third kappa shape index (κ3) is 6.51. The topological polar surface area (TPSA) is 73.9 Å². The van der Waals surface area contributed by atoms with Crippen molar-refractivity contribution < 1.29 is 23.8 Å². The van der Waals surface area contributed by atoms with Crippen molar-refractivity contribution in [1.29, 1.82) is 0 Å². The lowest BCUT2D eigenvalue weighted by Crippen LogP contribution is -2.22. The molecule has 0 aromatic heterocycles. The second-order valence-corrected chi connectivity index (χ2v) is 7.26. The number of rotatable bonds is 10. The molecule has 1 amide bonds. The summed E-state index contributed by atoms with van der Waals surface area (Å²) >= 11 is 0. The maximum Gasteiger partial charge on any atom is 0.338 e. The first-order chi connectivity index (χ1) is 14.3. The summed E-state index contributed by atoms with van der Waals surface area (Å²) in [6.45, 7) is 10.6. The number of carbonyl (C=O) groups excluding carboxylic acids is 2. The summed E-state index contributed by atoms with van der Waals surface area (Å²) in [7, 11) is 0. The Morgan fingerprint density at radius 1 is 0.867 bits per heavy atom. The van der Waals surface area contributed by atoms with Gasteiger partial charge in [0.25, 0.3) is 5.91 Å². The first-order valence-electron chi connectivity index (χ1n) is 10.3. The lowest BCUT2D eigenvalue weighted by molar-refractivity contribution is -0.119. The van der Waals surface area contributed by atoms with Crippen molar-refractivity contribution in [2.75, 3.05) is 25.1 Å². The van der Waals surface area contributed by atoms with Crippen LogP contribution >= 0.6 is 0 Å². The third-order valence-corrected chi connectivity index (χ3v) is 4.38. The number of aryl methyl sites for hydroxylation is 3. The molecule has 2 aromatic rings. The van der Waals surface area contributed by atoms with Crippen molar-refractivity contribution in [3.05, 3.63) is 52.6 Å². The van der Waals surface area contributed by atoms with E-state index in [-0.39, 0.29) is 12.5 Å². The van der Waals surface area contributed by atoms with E-state index in [1.807, 2.05) is 46.8 Å². The van der Waals surface area contributed by atoms with Crippen molar-refractivity contribution in [3.8, 4) is 11.5 Å². The van der Waals surface area contributed by atoms with Gasteiger partial charge in [-0.05, 0) is 62.9 Å². The Morgan fingerprint density at radius 2 is 1.47 bits per heavy atom. The molecule has 2 aromatic carbocycles. The molecule has 0 saturated carbocycles. The molecule has 0 atom stereocenters. The summed E-state index contributed by atoms with van der Waals surface area (Å²) in [5.74, 6) is 0.106. The fourth-order valence-electron chi connectivity index (χ4n) is 3.06. The zero-order chi connectivity index (χ0) is 22.1. The van der Waals surface area contributed by atoms with Gasteiger partial charge in [-0.3, -0.25) is 4.79 Å². The van der Waals surface area contributed by atoms with E-state index in [1.165, 1.54) is 0 Å². The van der Waals surface area contributed by atoms with Gasteiger partial charge in [0.1, 0.15) is 0 Å². The van der Waals surface area contributed by atoms with Gasteiger partial charge in [-0.25, -0.2) is 4.79 Å². The summed E-state index contributed by atoms with van der Waals surface area (Å²) in [5, 5.41) is 2.82. The molecule has 0 aliphatic carbocycles. The average molecular weight is 414 g/mol. The van der Waals surface area contributed by atoms with Gasteiger partial charge in [-0.1, -0.05) is 31.5 Å². The first-order valence-corrected chi connectivity index (χ1v) is 10.3. The van der Waals surface area contributed by atoms with Crippen LogP contribution in [0.15, 0.2) is 30.3 Å². The van der Waals surface area contributed by atoms with Gasteiger partial charge >= 0.3 is 5.97 Å². The first kappa shape index (κ1) is 23.3. The zero-order valence-electron chi connectivity index (χ0n) is 18.5. The summed E-state index contributed by atoms with van der Waals surface area (Å²) in [6, 6.07) is 8.88. The van der Waals surface area contributed by atoms with E-state index in [2.05, 4.69) is 5.32 Å². The fraction of sp³-hybridized carbons (Fsp3) is 0.417. The van der Waals surface area contributed by atoms with Gasteiger partial charge < -0.3 is 19.5 Å². The van der Waals surface area contributed by atoms with Crippen molar-refractivity contribution in [2.24, 2.45) is 0 Å². The molecule has 6 heteroatoms. The average Bonchev–Trinajstić information content (AvgIpc) is 2.71.